The molecule has 1 N–H and O–H groups in total. The van der Waals surface area contributed by atoms with Crippen molar-refractivity contribution in [3.63, 3.8) is 0 Å². The van der Waals surface area contributed by atoms with Gasteiger partial charge in [-0.1, -0.05) is 28.1 Å². The summed E-state index contributed by atoms with van der Waals surface area (Å²) >= 11 is 3.32. The maximum atomic E-state index is 14.2. The van der Waals surface area contributed by atoms with E-state index in [-0.39, 0.29) is 11.3 Å². The molecule has 0 radical (unpaired) electrons. The molecule has 0 atom stereocenters. The van der Waals surface area contributed by atoms with Gasteiger partial charge in [-0.2, -0.15) is 0 Å². The third-order valence-electron chi connectivity index (χ3n) is 4.49. The summed E-state index contributed by atoms with van der Waals surface area (Å²) in [5.41, 5.74) is 4.87. The van der Waals surface area contributed by atoms with Crippen molar-refractivity contribution in [2.75, 3.05) is 5.32 Å². The van der Waals surface area contributed by atoms with Gasteiger partial charge < -0.3 is 10.1 Å². The zero-order valence-corrected chi connectivity index (χ0v) is 15.6. The number of anilines is 1. The average Bonchev–Trinajstić information content (AvgIpc) is 2.52. The molecule has 2 nitrogen and oxygen atoms in total. The monoisotopic (exact) mass is 403 g/mol. The number of fused-ring (bicyclic) bond motifs is 5. The van der Waals surface area contributed by atoms with E-state index in [4.69, 9.17) is 4.74 Å². The van der Waals surface area contributed by atoms with Crippen LogP contribution in [0, 0.1) is 11.6 Å². The fourth-order valence-electron chi connectivity index (χ4n) is 3.70. The van der Waals surface area contributed by atoms with Gasteiger partial charge in [0.05, 0.1) is 5.54 Å². The van der Waals surface area contributed by atoms with Gasteiger partial charge in [0.2, 0.25) is 0 Å². The van der Waals surface area contributed by atoms with Crippen molar-refractivity contribution in [3.8, 4) is 16.9 Å². The van der Waals surface area contributed by atoms with Gasteiger partial charge in [0, 0.05) is 33.4 Å². The summed E-state index contributed by atoms with van der Waals surface area (Å²) in [6, 6.07) is 5.99. The third-order valence-corrected chi connectivity index (χ3v) is 4.91. The first-order chi connectivity index (χ1) is 11.8. The van der Waals surface area contributed by atoms with E-state index in [1.54, 1.807) is 4.99 Å². The van der Waals surface area contributed by atoms with E-state index >= 15 is 0 Å². The Morgan fingerprint density at radius 2 is 1.88 bits per heavy atom. The first kappa shape index (κ1) is 16.3. The van der Waals surface area contributed by atoms with E-state index in [1.165, 1.54) is 6.07 Å². The summed E-state index contributed by atoms with van der Waals surface area (Å²) in [6.45, 7) is 6.22. The molecule has 0 bridgehead atoms. The molecule has 0 saturated heterocycles. The van der Waals surface area contributed by atoms with E-state index < -0.39 is 11.6 Å². The van der Waals surface area contributed by atoms with Crippen molar-refractivity contribution in [1.29, 1.82) is 0 Å². The lowest BCUT2D eigenvalue weighted by atomic mass is 9.83. The number of nitrogens with one attached hydrogen (secondary N) is 1. The number of ether oxygens (including phenoxy) is 1. The van der Waals surface area contributed by atoms with Crippen molar-refractivity contribution in [3.05, 3.63) is 58.1 Å². The Balaban J connectivity index is 2.07. The van der Waals surface area contributed by atoms with Crippen LogP contribution in [0.4, 0.5) is 14.5 Å². The fourth-order valence-corrected chi connectivity index (χ4v) is 4.02. The SMILES string of the molecule is CC1=CC(C)(C)Nc2ccc3c(c21)C(=CBr)Oc1c(F)cc(F)cc1-3. The summed E-state index contributed by atoms with van der Waals surface area (Å²) in [4.78, 5) is 1.63. The number of rotatable bonds is 0. The molecule has 2 aromatic carbocycles. The van der Waals surface area contributed by atoms with Crippen LogP contribution < -0.4 is 10.1 Å². The molecule has 0 spiro atoms. The number of hydrogen-bond acceptors (Lipinski definition) is 2. The molecule has 4 rings (SSSR count). The second-order valence-corrected chi connectivity index (χ2v) is 7.38. The molecular weight excluding hydrogens is 388 g/mol. The van der Waals surface area contributed by atoms with Crippen LogP contribution in [-0.4, -0.2) is 5.54 Å². The van der Waals surface area contributed by atoms with Gasteiger partial charge in [-0.3, -0.25) is 0 Å². The second-order valence-electron chi connectivity index (χ2n) is 6.92. The molecule has 2 aliphatic rings. The predicted molar refractivity (Wildman–Crippen MR) is 101 cm³/mol. The molecule has 128 valence electrons. The van der Waals surface area contributed by atoms with Gasteiger partial charge in [-0.25, -0.2) is 8.78 Å². The van der Waals surface area contributed by atoms with E-state index in [0.717, 1.165) is 34.0 Å². The zero-order valence-electron chi connectivity index (χ0n) is 14.0. The second kappa shape index (κ2) is 5.43. The van der Waals surface area contributed by atoms with Gasteiger partial charge in [0.1, 0.15) is 11.6 Å². The molecule has 5 heteroatoms. The largest absolute Gasteiger partial charge is 0.452 e. The lowest BCUT2D eigenvalue weighted by Gasteiger charge is -2.35. The van der Waals surface area contributed by atoms with Gasteiger partial charge in [0.15, 0.2) is 11.6 Å². The lowest BCUT2D eigenvalue weighted by molar-refractivity contribution is 0.459. The highest BCUT2D eigenvalue weighted by Crippen LogP contribution is 2.49. The molecule has 2 aromatic rings. The Bertz CT molecular complexity index is 976. The number of halogens is 3. The Morgan fingerprint density at radius 1 is 1.12 bits per heavy atom. The van der Waals surface area contributed by atoms with Crippen molar-refractivity contribution in [2.24, 2.45) is 0 Å². The number of hydrogen-bond donors (Lipinski definition) is 1. The van der Waals surface area contributed by atoms with E-state index in [0.29, 0.717) is 11.3 Å². The molecule has 0 fully saturated rings. The van der Waals surface area contributed by atoms with E-state index in [9.17, 15) is 8.78 Å². The topological polar surface area (TPSA) is 21.3 Å². The summed E-state index contributed by atoms with van der Waals surface area (Å²) in [5.74, 6) is -0.789. The van der Waals surface area contributed by atoms with Crippen molar-refractivity contribution >= 4 is 32.9 Å². The van der Waals surface area contributed by atoms with Gasteiger partial charge in [0.25, 0.3) is 0 Å². The maximum Gasteiger partial charge on any atom is 0.171 e. The Labute approximate surface area is 153 Å². The van der Waals surface area contributed by atoms with Crippen LogP contribution in [0.15, 0.2) is 35.3 Å². The Morgan fingerprint density at radius 3 is 2.60 bits per heavy atom. The quantitative estimate of drug-likeness (QED) is 0.555. The van der Waals surface area contributed by atoms with Crippen molar-refractivity contribution in [2.45, 2.75) is 26.3 Å². The van der Waals surface area contributed by atoms with Gasteiger partial charge in [-0.15, -0.1) is 0 Å². The highest BCUT2D eigenvalue weighted by atomic mass is 79.9. The highest BCUT2D eigenvalue weighted by molar-refractivity contribution is 9.11. The van der Waals surface area contributed by atoms with Crippen LogP contribution in [0.25, 0.3) is 22.5 Å². The summed E-state index contributed by atoms with van der Waals surface area (Å²) in [6.07, 6.45) is 2.14. The minimum Gasteiger partial charge on any atom is -0.452 e. The van der Waals surface area contributed by atoms with E-state index in [1.807, 2.05) is 19.1 Å². The first-order valence-corrected chi connectivity index (χ1v) is 8.85. The fraction of sp³-hybridized carbons (Fsp3) is 0.200. The minimum absolute atomic E-state index is 0.0466. The summed E-state index contributed by atoms with van der Waals surface area (Å²) < 4.78 is 33.8. The molecule has 0 amide bonds. The van der Waals surface area contributed by atoms with Crippen LogP contribution >= 0.6 is 15.9 Å². The van der Waals surface area contributed by atoms with Crippen LogP contribution in [0.5, 0.6) is 5.75 Å². The molecule has 2 heterocycles. The average molecular weight is 404 g/mol. The summed E-state index contributed by atoms with van der Waals surface area (Å²) in [7, 11) is 0. The van der Waals surface area contributed by atoms with Crippen LogP contribution in [0.1, 0.15) is 31.9 Å². The maximum absolute atomic E-state index is 14.2. The lowest BCUT2D eigenvalue weighted by Crippen LogP contribution is -2.32. The van der Waals surface area contributed by atoms with Crippen molar-refractivity contribution in [1.82, 2.24) is 0 Å². The van der Waals surface area contributed by atoms with Crippen molar-refractivity contribution < 1.29 is 13.5 Å². The smallest absolute Gasteiger partial charge is 0.171 e. The van der Waals surface area contributed by atoms with Gasteiger partial charge >= 0.3 is 0 Å². The standard InChI is InChI=1S/C20H16BrF2NO/c1-10-8-20(2,3)24-15-5-4-12-13-6-11(22)7-14(23)19(13)25-16(9-21)18(12)17(10)15/h4-9,24H,1-3H3. The first-order valence-electron chi connectivity index (χ1n) is 7.94. The Kier molecular flexibility index (Phi) is 3.55. The third kappa shape index (κ3) is 2.49. The molecule has 0 aliphatic carbocycles. The normalized spacial score (nSPS) is 18.5. The number of allylic oxidation sites excluding steroid dienone is 1. The molecule has 0 unspecified atom stereocenters. The zero-order chi connectivity index (χ0) is 17.9. The molecule has 2 aliphatic heterocycles. The molecule has 25 heavy (non-hydrogen) atoms. The van der Waals surface area contributed by atoms with Gasteiger partial charge in [-0.05, 0) is 44.0 Å². The Hall–Kier alpha value is -2.14. The molecule has 0 aromatic heterocycles. The highest BCUT2D eigenvalue weighted by Gasteiger charge is 2.32. The van der Waals surface area contributed by atoms with Crippen LogP contribution in [-0.2, 0) is 0 Å². The van der Waals surface area contributed by atoms with Crippen LogP contribution in [0.3, 0.4) is 0 Å². The molecular formula is C20H16BrF2NO. The van der Waals surface area contributed by atoms with E-state index in [2.05, 4.69) is 41.2 Å². The summed E-state index contributed by atoms with van der Waals surface area (Å²) in [5, 5.41) is 3.49. The number of benzene rings is 2. The van der Waals surface area contributed by atoms with Crippen LogP contribution in [0.2, 0.25) is 0 Å². The molecule has 0 saturated carbocycles. The predicted octanol–water partition coefficient (Wildman–Crippen LogP) is 6.32. The minimum atomic E-state index is -0.711.